The summed E-state index contributed by atoms with van der Waals surface area (Å²) in [4.78, 5) is 20.4. The molecular formula is C24H25FN2O4. The van der Waals surface area contributed by atoms with Gasteiger partial charge >= 0.3 is 5.97 Å². The van der Waals surface area contributed by atoms with E-state index in [9.17, 15) is 9.18 Å². The summed E-state index contributed by atoms with van der Waals surface area (Å²) >= 11 is 0. The SMILES string of the molecule is CCOC(=O)C(Cc1ccc(OCc2cc(-c3ncccn3)ccc2F)cc1)OCC. The van der Waals surface area contributed by atoms with E-state index in [4.69, 9.17) is 14.2 Å². The summed E-state index contributed by atoms with van der Waals surface area (Å²) in [5.41, 5.74) is 2.04. The third-order valence-electron chi connectivity index (χ3n) is 4.53. The van der Waals surface area contributed by atoms with Gasteiger partial charge in [-0.15, -0.1) is 0 Å². The smallest absolute Gasteiger partial charge is 0.335 e. The zero-order valence-corrected chi connectivity index (χ0v) is 17.6. The molecule has 6 nitrogen and oxygen atoms in total. The standard InChI is InChI=1S/C24H25FN2O4/c1-3-29-22(24(28)30-4-2)14-17-6-9-20(10-7-17)31-16-19-15-18(8-11-21(19)25)23-26-12-5-13-27-23/h5-13,15,22H,3-4,14,16H2,1-2H3. The van der Waals surface area contributed by atoms with Crippen molar-refractivity contribution < 1.29 is 23.4 Å². The van der Waals surface area contributed by atoms with E-state index in [-0.39, 0.29) is 18.4 Å². The van der Waals surface area contributed by atoms with Crippen LogP contribution in [-0.2, 0) is 27.3 Å². The molecule has 0 aliphatic rings. The minimum atomic E-state index is -0.645. The number of rotatable bonds is 10. The van der Waals surface area contributed by atoms with Gasteiger partial charge in [0.2, 0.25) is 0 Å². The molecule has 0 saturated carbocycles. The van der Waals surface area contributed by atoms with Crippen molar-refractivity contribution in [2.24, 2.45) is 0 Å². The number of carbonyl (C=O) groups excluding carboxylic acids is 1. The van der Waals surface area contributed by atoms with Gasteiger partial charge in [0.1, 0.15) is 18.2 Å². The predicted molar refractivity (Wildman–Crippen MR) is 114 cm³/mol. The van der Waals surface area contributed by atoms with Gasteiger partial charge in [-0.1, -0.05) is 12.1 Å². The number of nitrogens with zero attached hydrogens (tertiary/aromatic N) is 2. The molecule has 0 spiro atoms. The van der Waals surface area contributed by atoms with Crippen LogP contribution in [0.15, 0.2) is 60.9 Å². The second-order valence-electron chi connectivity index (χ2n) is 6.71. The number of hydrogen-bond donors (Lipinski definition) is 0. The molecule has 1 atom stereocenters. The van der Waals surface area contributed by atoms with Gasteiger partial charge in [0.05, 0.1) is 6.61 Å². The van der Waals surface area contributed by atoms with E-state index in [0.717, 1.165) is 11.1 Å². The Morgan fingerprint density at radius 3 is 2.45 bits per heavy atom. The molecule has 0 bridgehead atoms. The molecule has 0 fully saturated rings. The van der Waals surface area contributed by atoms with E-state index in [1.807, 2.05) is 19.1 Å². The van der Waals surface area contributed by atoms with Crippen LogP contribution in [0, 0.1) is 5.82 Å². The summed E-state index contributed by atoms with van der Waals surface area (Å²) in [7, 11) is 0. The van der Waals surface area contributed by atoms with Crippen molar-refractivity contribution in [1.29, 1.82) is 0 Å². The lowest BCUT2D eigenvalue weighted by molar-refractivity contribution is -0.156. The quantitative estimate of drug-likeness (QED) is 0.450. The van der Waals surface area contributed by atoms with Crippen LogP contribution in [0.25, 0.3) is 11.4 Å². The molecule has 7 heteroatoms. The van der Waals surface area contributed by atoms with Crippen LogP contribution in [0.1, 0.15) is 25.0 Å². The maximum absolute atomic E-state index is 14.2. The lowest BCUT2D eigenvalue weighted by Crippen LogP contribution is -2.28. The fourth-order valence-electron chi connectivity index (χ4n) is 3.02. The first-order valence-corrected chi connectivity index (χ1v) is 10.2. The third-order valence-corrected chi connectivity index (χ3v) is 4.53. The number of carbonyl (C=O) groups is 1. The van der Waals surface area contributed by atoms with Gasteiger partial charge in [0.25, 0.3) is 0 Å². The van der Waals surface area contributed by atoms with Crippen molar-refractivity contribution in [2.45, 2.75) is 33.0 Å². The Labute approximate surface area is 181 Å². The summed E-state index contributed by atoms with van der Waals surface area (Å²) in [5, 5.41) is 0. The van der Waals surface area contributed by atoms with Crippen LogP contribution in [0.5, 0.6) is 5.75 Å². The minimum absolute atomic E-state index is 0.0657. The average molecular weight is 424 g/mol. The number of ether oxygens (including phenoxy) is 3. The van der Waals surface area contributed by atoms with Crippen molar-refractivity contribution >= 4 is 5.97 Å². The van der Waals surface area contributed by atoms with E-state index in [1.165, 1.54) is 6.07 Å². The average Bonchev–Trinajstić information content (AvgIpc) is 2.80. The Morgan fingerprint density at radius 2 is 1.77 bits per heavy atom. The molecule has 1 aromatic heterocycles. The number of aromatic nitrogens is 2. The van der Waals surface area contributed by atoms with Crippen molar-refractivity contribution in [3.8, 4) is 17.1 Å². The molecule has 0 amide bonds. The minimum Gasteiger partial charge on any atom is -0.489 e. The first-order valence-electron chi connectivity index (χ1n) is 10.2. The molecular weight excluding hydrogens is 399 g/mol. The Morgan fingerprint density at radius 1 is 1.03 bits per heavy atom. The van der Waals surface area contributed by atoms with Crippen molar-refractivity contribution in [2.75, 3.05) is 13.2 Å². The predicted octanol–water partition coefficient (Wildman–Crippen LogP) is 4.37. The second-order valence-corrected chi connectivity index (χ2v) is 6.71. The molecule has 3 rings (SSSR count). The number of halogens is 1. The van der Waals surface area contributed by atoms with Crippen LogP contribution >= 0.6 is 0 Å². The Balaban J connectivity index is 1.63. The molecule has 0 saturated heterocycles. The zero-order chi connectivity index (χ0) is 22.1. The van der Waals surface area contributed by atoms with Crippen LogP contribution in [0.3, 0.4) is 0 Å². The lowest BCUT2D eigenvalue weighted by atomic mass is 10.1. The van der Waals surface area contributed by atoms with Gasteiger partial charge in [-0.25, -0.2) is 19.2 Å². The molecule has 0 N–H and O–H groups in total. The third kappa shape index (κ3) is 6.33. The maximum atomic E-state index is 14.2. The molecule has 0 aliphatic carbocycles. The highest BCUT2D eigenvalue weighted by atomic mass is 19.1. The van der Waals surface area contributed by atoms with Crippen LogP contribution in [-0.4, -0.2) is 35.3 Å². The Bertz CT molecular complexity index is 981. The Kier molecular flexibility index (Phi) is 8.06. The summed E-state index contributed by atoms with van der Waals surface area (Å²) in [6.45, 7) is 4.39. The largest absolute Gasteiger partial charge is 0.489 e. The molecule has 3 aromatic rings. The molecule has 162 valence electrons. The van der Waals surface area contributed by atoms with E-state index in [1.54, 1.807) is 49.6 Å². The molecule has 31 heavy (non-hydrogen) atoms. The molecule has 1 heterocycles. The number of esters is 1. The fraction of sp³-hybridized carbons (Fsp3) is 0.292. The first-order chi connectivity index (χ1) is 15.1. The van der Waals surface area contributed by atoms with E-state index in [0.29, 0.717) is 36.8 Å². The van der Waals surface area contributed by atoms with Gasteiger partial charge in [-0.2, -0.15) is 0 Å². The van der Waals surface area contributed by atoms with Gasteiger partial charge in [-0.05, 0) is 55.8 Å². The van der Waals surface area contributed by atoms with Crippen LogP contribution in [0.4, 0.5) is 4.39 Å². The Hall–Kier alpha value is -3.32. The summed E-state index contributed by atoms with van der Waals surface area (Å²) in [6.07, 6.45) is 3.04. The molecule has 0 aliphatic heterocycles. The zero-order valence-electron chi connectivity index (χ0n) is 17.6. The molecule has 2 aromatic carbocycles. The summed E-state index contributed by atoms with van der Waals surface area (Å²) < 4.78 is 30.5. The van der Waals surface area contributed by atoms with Crippen LogP contribution in [0.2, 0.25) is 0 Å². The normalized spacial score (nSPS) is 11.7. The van der Waals surface area contributed by atoms with Crippen molar-refractivity contribution in [3.63, 3.8) is 0 Å². The van der Waals surface area contributed by atoms with E-state index >= 15 is 0 Å². The van der Waals surface area contributed by atoms with E-state index in [2.05, 4.69) is 9.97 Å². The van der Waals surface area contributed by atoms with Gasteiger partial charge in [-0.3, -0.25) is 0 Å². The summed E-state index contributed by atoms with van der Waals surface area (Å²) in [6, 6.07) is 13.7. The second kappa shape index (κ2) is 11.2. The molecule has 1 unspecified atom stereocenters. The number of hydrogen-bond acceptors (Lipinski definition) is 6. The maximum Gasteiger partial charge on any atom is 0.335 e. The highest BCUT2D eigenvalue weighted by Crippen LogP contribution is 2.21. The first kappa shape index (κ1) is 22.4. The van der Waals surface area contributed by atoms with Gasteiger partial charge in [0, 0.05) is 36.5 Å². The van der Waals surface area contributed by atoms with Gasteiger partial charge < -0.3 is 14.2 Å². The topological polar surface area (TPSA) is 70.5 Å². The van der Waals surface area contributed by atoms with Crippen molar-refractivity contribution in [1.82, 2.24) is 9.97 Å². The fourth-order valence-corrected chi connectivity index (χ4v) is 3.02. The van der Waals surface area contributed by atoms with E-state index < -0.39 is 6.10 Å². The highest BCUT2D eigenvalue weighted by Gasteiger charge is 2.20. The highest BCUT2D eigenvalue weighted by molar-refractivity contribution is 5.75. The lowest BCUT2D eigenvalue weighted by Gasteiger charge is -2.16. The number of benzene rings is 2. The summed E-state index contributed by atoms with van der Waals surface area (Å²) in [5.74, 6) is 0.389. The van der Waals surface area contributed by atoms with Crippen molar-refractivity contribution in [3.05, 3.63) is 77.9 Å². The monoisotopic (exact) mass is 424 g/mol. The van der Waals surface area contributed by atoms with Crippen LogP contribution < -0.4 is 4.74 Å². The van der Waals surface area contributed by atoms with Gasteiger partial charge in [0.15, 0.2) is 11.9 Å². The molecule has 0 radical (unpaired) electrons.